The molecule has 0 atom stereocenters. The highest BCUT2D eigenvalue weighted by molar-refractivity contribution is 7.86. The Morgan fingerprint density at radius 2 is 1.82 bits per heavy atom. The molecule has 17 heavy (non-hydrogen) atoms. The van der Waals surface area contributed by atoms with Crippen LogP contribution >= 0.6 is 0 Å². The fraction of sp³-hybridized carbons (Fsp3) is 0.250. The summed E-state index contributed by atoms with van der Waals surface area (Å²) >= 11 is 0. The molecule has 0 saturated carbocycles. The fourth-order valence-electron chi connectivity index (χ4n) is 1.41. The summed E-state index contributed by atoms with van der Waals surface area (Å²) in [5, 5.41) is 0. The SMILES string of the molecule is Cc1c(N)cc(C[B-](F)(F)F)cc1S(=O)(=O)F. The molecule has 1 aromatic carbocycles. The molecular weight excluding hydrogens is 261 g/mol. The summed E-state index contributed by atoms with van der Waals surface area (Å²) in [6.07, 6.45) is -1.30. The number of rotatable bonds is 3. The minimum atomic E-state index is -5.14. The van der Waals surface area contributed by atoms with Gasteiger partial charge in [-0.25, -0.2) is 0 Å². The van der Waals surface area contributed by atoms with Crippen molar-refractivity contribution >= 4 is 22.9 Å². The number of hydrogen-bond acceptors (Lipinski definition) is 3. The average molecular weight is 270 g/mol. The van der Waals surface area contributed by atoms with Crippen molar-refractivity contribution in [2.24, 2.45) is 0 Å². The Kier molecular flexibility index (Phi) is 3.42. The van der Waals surface area contributed by atoms with E-state index in [1.807, 2.05) is 0 Å². The van der Waals surface area contributed by atoms with Gasteiger partial charge in [-0.2, -0.15) is 8.42 Å². The normalized spacial score (nSPS) is 12.8. The minimum Gasteiger partial charge on any atom is -0.449 e. The topological polar surface area (TPSA) is 60.2 Å². The van der Waals surface area contributed by atoms with E-state index in [-0.39, 0.29) is 16.8 Å². The maximum absolute atomic E-state index is 12.8. The van der Waals surface area contributed by atoms with Crippen molar-refractivity contribution < 1.29 is 25.3 Å². The molecule has 1 rings (SSSR count). The number of nitrogens with two attached hydrogens (primary N) is 1. The van der Waals surface area contributed by atoms with Gasteiger partial charge in [-0.05, 0) is 24.6 Å². The first-order chi connectivity index (χ1) is 7.50. The van der Waals surface area contributed by atoms with Gasteiger partial charge in [-0.15, -0.1) is 3.89 Å². The van der Waals surface area contributed by atoms with Crippen LogP contribution in [0.5, 0.6) is 0 Å². The second kappa shape index (κ2) is 4.21. The van der Waals surface area contributed by atoms with Crippen LogP contribution in [0.25, 0.3) is 0 Å². The summed E-state index contributed by atoms with van der Waals surface area (Å²) in [5.74, 6) is 0. The van der Waals surface area contributed by atoms with Gasteiger partial charge in [0.2, 0.25) is 0 Å². The van der Waals surface area contributed by atoms with Crippen molar-refractivity contribution in [2.75, 3.05) is 5.73 Å². The van der Waals surface area contributed by atoms with Crippen LogP contribution in [0.15, 0.2) is 17.0 Å². The van der Waals surface area contributed by atoms with Crippen LogP contribution in [0.4, 0.5) is 22.5 Å². The first-order valence-electron chi connectivity index (χ1n) is 4.55. The zero-order valence-corrected chi connectivity index (χ0v) is 9.57. The summed E-state index contributed by atoms with van der Waals surface area (Å²) in [4.78, 5) is -0.812. The monoisotopic (exact) mass is 270 g/mol. The van der Waals surface area contributed by atoms with Gasteiger partial charge in [0.05, 0.1) is 0 Å². The molecule has 2 N–H and O–H groups in total. The van der Waals surface area contributed by atoms with E-state index in [1.165, 1.54) is 6.92 Å². The van der Waals surface area contributed by atoms with Crippen LogP contribution in [-0.2, 0) is 16.5 Å². The molecule has 0 heterocycles. The highest BCUT2D eigenvalue weighted by Crippen LogP contribution is 2.27. The Balaban J connectivity index is 3.35. The number of hydrogen-bond donors (Lipinski definition) is 1. The third-order valence-electron chi connectivity index (χ3n) is 2.19. The van der Waals surface area contributed by atoms with Crippen LogP contribution in [0.2, 0.25) is 0 Å². The summed E-state index contributed by atoms with van der Waals surface area (Å²) in [6, 6.07) is 1.66. The molecule has 0 aliphatic rings. The van der Waals surface area contributed by atoms with Gasteiger partial charge < -0.3 is 18.7 Å². The van der Waals surface area contributed by atoms with Crippen molar-refractivity contribution in [3.05, 3.63) is 23.3 Å². The Morgan fingerprint density at radius 3 is 2.24 bits per heavy atom. The highest BCUT2D eigenvalue weighted by atomic mass is 32.3. The van der Waals surface area contributed by atoms with Crippen molar-refractivity contribution in [1.29, 1.82) is 0 Å². The minimum absolute atomic E-state index is 0.0917. The second-order valence-electron chi connectivity index (χ2n) is 3.66. The standard InChI is InChI=1S/C8H9BF4NO2S/c1-5-7(14)2-6(4-9(10,11)12)3-8(5)17(13,15)16/h2-3H,4,14H2,1H3/q-1. The third kappa shape index (κ3) is 3.62. The summed E-state index contributed by atoms with van der Waals surface area (Å²) in [7, 11) is -5.07. The molecule has 9 heteroatoms. The zero-order chi connectivity index (χ0) is 13.4. The van der Waals surface area contributed by atoms with E-state index in [0.29, 0.717) is 6.07 Å². The van der Waals surface area contributed by atoms with Crippen molar-refractivity contribution in [2.45, 2.75) is 18.1 Å². The molecule has 1 aromatic rings. The molecule has 0 saturated heterocycles. The van der Waals surface area contributed by atoms with Crippen molar-refractivity contribution in [3.63, 3.8) is 0 Å². The molecule has 3 nitrogen and oxygen atoms in total. The van der Waals surface area contributed by atoms with Crippen LogP contribution in [0.1, 0.15) is 11.1 Å². The second-order valence-corrected chi connectivity index (χ2v) is 4.98. The lowest BCUT2D eigenvalue weighted by Gasteiger charge is -2.15. The quantitative estimate of drug-likeness (QED) is 0.396. The Labute approximate surface area is 95.9 Å². The number of nitrogen functional groups attached to an aromatic ring is 1. The largest absolute Gasteiger partial charge is 0.482 e. The van der Waals surface area contributed by atoms with Gasteiger partial charge in [0.25, 0.3) is 0 Å². The molecule has 0 unspecified atom stereocenters. The Bertz CT molecular complexity index is 541. The maximum atomic E-state index is 12.8. The predicted octanol–water partition coefficient (Wildman–Crippen LogP) is 2.16. The maximum Gasteiger partial charge on any atom is 0.482 e. The molecule has 0 radical (unpaired) electrons. The van der Waals surface area contributed by atoms with Crippen LogP contribution in [0.3, 0.4) is 0 Å². The smallest absolute Gasteiger partial charge is 0.449 e. The van der Waals surface area contributed by atoms with Gasteiger partial charge in [0, 0.05) is 5.69 Å². The average Bonchev–Trinajstić information content (AvgIpc) is 2.06. The summed E-state index contributed by atoms with van der Waals surface area (Å²) in [6.45, 7) is -3.91. The lowest BCUT2D eigenvalue weighted by atomic mass is 9.81. The molecule has 0 fully saturated rings. The Morgan fingerprint density at radius 1 is 1.29 bits per heavy atom. The predicted molar refractivity (Wildman–Crippen MR) is 56.7 cm³/mol. The van der Waals surface area contributed by atoms with Gasteiger partial charge in [-0.1, -0.05) is 11.9 Å². The zero-order valence-electron chi connectivity index (χ0n) is 8.75. The van der Waals surface area contributed by atoms with Crippen LogP contribution in [0, 0.1) is 6.92 Å². The van der Waals surface area contributed by atoms with E-state index in [2.05, 4.69) is 0 Å². The lowest BCUT2D eigenvalue weighted by molar-refractivity contribution is 0.468. The molecule has 0 bridgehead atoms. The van der Waals surface area contributed by atoms with Crippen LogP contribution < -0.4 is 5.73 Å². The lowest BCUT2D eigenvalue weighted by Crippen LogP contribution is -2.19. The van der Waals surface area contributed by atoms with Gasteiger partial charge in [0.15, 0.2) is 0 Å². The van der Waals surface area contributed by atoms with E-state index >= 15 is 0 Å². The van der Waals surface area contributed by atoms with Crippen molar-refractivity contribution in [3.8, 4) is 0 Å². The van der Waals surface area contributed by atoms with Gasteiger partial charge >= 0.3 is 17.2 Å². The van der Waals surface area contributed by atoms with E-state index in [9.17, 15) is 25.3 Å². The van der Waals surface area contributed by atoms with Gasteiger partial charge in [-0.3, -0.25) is 0 Å². The van der Waals surface area contributed by atoms with E-state index in [1.54, 1.807) is 0 Å². The number of halogens is 4. The Hall–Kier alpha value is -1.25. The van der Waals surface area contributed by atoms with Crippen molar-refractivity contribution in [1.82, 2.24) is 0 Å². The van der Waals surface area contributed by atoms with Crippen LogP contribution in [-0.4, -0.2) is 15.4 Å². The molecule has 0 spiro atoms. The van der Waals surface area contributed by atoms with E-state index < -0.39 is 28.4 Å². The highest BCUT2D eigenvalue weighted by Gasteiger charge is 2.25. The third-order valence-corrected chi connectivity index (χ3v) is 3.14. The molecule has 0 aliphatic heterocycles. The van der Waals surface area contributed by atoms with Gasteiger partial charge in [0.1, 0.15) is 4.90 Å². The molecule has 96 valence electrons. The molecular formula is C8H9BF4NO2S-. The first kappa shape index (κ1) is 13.8. The van der Waals surface area contributed by atoms with E-state index in [0.717, 1.165) is 6.07 Å². The molecule has 0 aliphatic carbocycles. The van der Waals surface area contributed by atoms with E-state index in [4.69, 9.17) is 5.73 Å². The molecule has 0 amide bonds. The first-order valence-corrected chi connectivity index (χ1v) is 5.94. The molecule has 0 aromatic heterocycles. The summed E-state index contributed by atoms with van der Waals surface area (Å²) < 4.78 is 70.8. The number of benzene rings is 1. The fourth-order valence-corrected chi connectivity index (χ4v) is 2.18. The number of anilines is 1. The summed E-state index contributed by atoms with van der Waals surface area (Å²) in [5.41, 5.74) is 4.71.